The van der Waals surface area contributed by atoms with E-state index in [0.29, 0.717) is 34.4 Å². The van der Waals surface area contributed by atoms with E-state index in [0.717, 1.165) is 10.5 Å². The molecule has 0 unspecified atom stereocenters. The van der Waals surface area contributed by atoms with Gasteiger partial charge in [-0.05, 0) is 74.9 Å². The number of urea groups is 1. The average molecular weight is 505 g/mol. The molecule has 0 spiro atoms. The van der Waals surface area contributed by atoms with E-state index in [2.05, 4.69) is 5.32 Å². The number of carbonyl (C=O) groups is 3. The smallest absolute Gasteiger partial charge is 0.335 e. The van der Waals surface area contributed by atoms with E-state index in [1.165, 1.54) is 11.6 Å². The van der Waals surface area contributed by atoms with E-state index in [4.69, 9.17) is 21.1 Å². The van der Waals surface area contributed by atoms with Crippen LogP contribution in [-0.4, -0.2) is 23.9 Å². The van der Waals surface area contributed by atoms with Crippen molar-refractivity contribution in [2.24, 2.45) is 0 Å². The first-order valence-corrected chi connectivity index (χ1v) is 11.7. The largest absolute Gasteiger partial charge is 0.490 e. The lowest BCUT2D eigenvalue weighted by Crippen LogP contribution is -2.54. The van der Waals surface area contributed by atoms with Crippen LogP contribution in [0.2, 0.25) is 5.02 Å². The zero-order valence-electron chi connectivity index (χ0n) is 20.1. The number of amides is 4. The number of halogens is 1. The molecule has 3 aromatic carbocycles. The van der Waals surface area contributed by atoms with Gasteiger partial charge >= 0.3 is 6.03 Å². The Morgan fingerprint density at radius 2 is 1.67 bits per heavy atom. The molecule has 36 heavy (non-hydrogen) atoms. The highest BCUT2D eigenvalue weighted by Gasteiger charge is 2.37. The molecular formula is C28H25ClN2O5. The molecule has 0 saturated carbocycles. The van der Waals surface area contributed by atoms with Crippen molar-refractivity contribution >= 4 is 41.2 Å². The second kappa shape index (κ2) is 10.7. The summed E-state index contributed by atoms with van der Waals surface area (Å²) in [5.41, 5.74) is 2.71. The molecular weight excluding hydrogens is 480 g/mol. The van der Waals surface area contributed by atoms with E-state index in [9.17, 15) is 14.4 Å². The van der Waals surface area contributed by atoms with Gasteiger partial charge in [-0.1, -0.05) is 41.4 Å². The summed E-state index contributed by atoms with van der Waals surface area (Å²) in [7, 11) is 0. The van der Waals surface area contributed by atoms with Gasteiger partial charge in [-0.15, -0.1) is 0 Å². The minimum Gasteiger partial charge on any atom is -0.490 e. The molecule has 0 aliphatic carbocycles. The van der Waals surface area contributed by atoms with E-state index < -0.39 is 17.8 Å². The summed E-state index contributed by atoms with van der Waals surface area (Å²) < 4.78 is 11.6. The van der Waals surface area contributed by atoms with Gasteiger partial charge in [0.15, 0.2) is 0 Å². The Hall–Kier alpha value is -4.10. The van der Waals surface area contributed by atoms with Crippen LogP contribution in [0.25, 0.3) is 6.08 Å². The van der Waals surface area contributed by atoms with Crippen LogP contribution >= 0.6 is 11.6 Å². The Balaban J connectivity index is 1.56. The molecule has 1 heterocycles. The van der Waals surface area contributed by atoms with Crippen LogP contribution in [-0.2, 0) is 16.2 Å². The van der Waals surface area contributed by atoms with E-state index in [-0.39, 0.29) is 11.7 Å². The number of imide groups is 2. The van der Waals surface area contributed by atoms with Gasteiger partial charge in [-0.25, -0.2) is 9.69 Å². The number of ether oxygens (including phenoxy) is 2. The highest BCUT2D eigenvalue weighted by molar-refractivity contribution is 6.39. The second-order valence-corrected chi connectivity index (χ2v) is 9.01. The Bertz CT molecular complexity index is 1330. The van der Waals surface area contributed by atoms with Crippen LogP contribution in [0.4, 0.5) is 10.5 Å². The molecule has 4 amide bonds. The van der Waals surface area contributed by atoms with Crippen molar-refractivity contribution < 1.29 is 23.9 Å². The molecule has 4 rings (SSSR count). The fourth-order valence-corrected chi connectivity index (χ4v) is 3.76. The number of carbonyl (C=O) groups excluding carboxylic acids is 3. The van der Waals surface area contributed by atoms with Gasteiger partial charge in [0, 0.05) is 10.6 Å². The van der Waals surface area contributed by atoms with Crippen LogP contribution in [0, 0.1) is 6.92 Å². The fraction of sp³-hybridized carbons (Fsp3) is 0.179. The molecule has 1 fully saturated rings. The topological polar surface area (TPSA) is 84.9 Å². The monoisotopic (exact) mass is 504 g/mol. The van der Waals surface area contributed by atoms with Gasteiger partial charge in [0.1, 0.15) is 23.7 Å². The van der Waals surface area contributed by atoms with Crippen molar-refractivity contribution in [1.29, 1.82) is 0 Å². The quantitative estimate of drug-likeness (QED) is 0.330. The lowest BCUT2D eigenvalue weighted by atomic mass is 10.1. The number of benzene rings is 3. The number of nitrogens with zero attached hydrogens (tertiary/aromatic N) is 1. The third-order valence-electron chi connectivity index (χ3n) is 5.36. The molecule has 0 aromatic heterocycles. The zero-order valence-corrected chi connectivity index (χ0v) is 20.8. The number of nitrogens with one attached hydrogen (secondary N) is 1. The maximum atomic E-state index is 13.3. The molecule has 8 heteroatoms. The summed E-state index contributed by atoms with van der Waals surface area (Å²) in [6.45, 7) is 6.12. The maximum absolute atomic E-state index is 13.3. The van der Waals surface area contributed by atoms with Crippen molar-refractivity contribution in [2.45, 2.75) is 33.5 Å². The Morgan fingerprint density at radius 1 is 0.972 bits per heavy atom. The van der Waals surface area contributed by atoms with E-state index in [1.54, 1.807) is 42.5 Å². The number of anilines is 1. The SMILES string of the molecule is Cc1ccc(COc2ccc(N3C(=O)NC(=O)/C(=C\c4cc(Cl)ccc4OC(C)C)C3=O)cc2)cc1. The maximum Gasteiger partial charge on any atom is 0.335 e. The number of hydrogen-bond acceptors (Lipinski definition) is 5. The van der Waals surface area contributed by atoms with Gasteiger partial charge in [-0.3, -0.25) is 14.9 Å². The van der Waals surface area contributed by atoms with Crippen LogP contribution in [0.1, 0.15) is 30.5 Å². The molecule has 1 N–H and O–H groups in total. The minimum atomic E-state index is -0.833. The Morgan fingerprint density at radius 3 is 2.33 bits per heavy atom. The van der Waals surface area contributed by atoms with Crippen molar-refractivity contribution in [3.63, 3.8) is 0 Å². The van der Waals surface area contributed by atoms with Crippen LogP contribution in [0.15, 0.2) is 72.3 Å². The minimum absolute atomic E-state index is 0.135. The summed E-state index contributed by atoms with van der Waals surface area (Å²) in [6.07, 6.45) is 1.24. The number of barbiturate groups is 1. The molecule has 184 valence electrons. The molecule has 0 atom stereocenters. The summed E-state index contributed by atoms with van der Waals surface area (Å²) in [6, 6.07) is 18.6. The second-order valence-electron chi connectivity index (χ2n) is 8.57. The van der Waals surface area contributed by atoms with Crippen LogP contribution < -0.4 is 19.7 Å². The first-order valence-electron chi connectivity index (χ1n) is 11.4. The lowest BCUT2D eigenvalue weighted by Gasteiger charge is -2.26. The third-order valence-corrected chi connectivity index (χ3v) is 5.59. The van der Waals surface area contributed by atoms with Crippen molar-refractivity contribution in [3.8, 4) is 11.5 Å². The fourth-order valence-electron chi connectivity index (χ4n) is 3.58. The molecule has 1 aliphatic heterocycles. The van der Waals surface area contributed by atoms with Gasteiger partial charge < -0.3 is 9.47 Å². The van der Waals surface area contributed by atoms with Crippen LogP contribution in [0.5, 0.6) is 11.5 Å². The summed E-state index contributed by atoms with van der Waals surface area (Å²) in [5, 5.41) is 2.64. The predicted molar refractivity (Wildman–Crippen MR) is 138 cm³/mol. The predicted octanol–water partition coefficient (Wildman–Crippen LogP) is 5.68. The molecule has 1 aliphatic rings. The lowest BCUT2D eigenvalue weighted by molar-refractivity contribution is -0.122. The van der Waals surface area contributed by atoms with Gasteiger partial charge in [0.25, 0.3) is 11.8 Å². The Kier molecular flexibility index (Phi) is 7.41. The number of aryl methyl sites for hydroxylation is 1. The van der Waals surface area contributed by atoms with Crippen LogP contribution in [0.3, 0.4) is 0 Å². The third kappa shape index (κ3) is 5.75. The van der Waals surface area contributed by atoms with Gasteiger partial charge in [-0.2, -0.15) is 0 Å². The molecule has 0 radical (unpaired) electrons. The Labute approximate surface area is 214 Å². The highest BCUT2D eigenvalue weighted by atomic mass is 35.5. The standard InChI is InChI=1S/C28H25ClN2O5/c1-17(2)36-25-13-8-21(29)14-20(25)15-24-26(32)30-28(34)31(27(24)33)22-9-11-23(12-10-22)35-16-19-6-4-18(3)5-7-19/h4-15,17H,16H2,1-3H3,(H,30,32,34)/b24-15+. The van der Waals surface area contributed by atoms with Crippen molar-refractivity contribution in [3.05, 3.63) is 94.0 Å². The highest BCUT2D eigenvalue weighted by Crippen LogP contribution is 2.29. The first-order chi connectivity index (χ1) is 17.2. The summed E-state index contributed by atoms with van der Waals surface area (Å²) in [4.78, 5) is 39.3. The summed E-state index contributed by atoms with van der Waals surface area (Å²) in [5.74, 6) is -0.520. The molecule has 0 bridgehead atoms. The number of rotatable bonds is 7. The van der Waals surface area contributed by atoms with Gasteiger partial charge in [0.05, 0.1) is 11.8 Å². The normalized spacial score (nSPS) is 14.9. The molecule has 1 saturated heterocycles. The average Bonchev–Trinajstić information content (AvgIpc) is 2.83. The van der Waals surface area contributed by atoms with E-state index >= 15 is 0 Å². The van der Waals surface area contributed by atoms with Gasteiger partial charge in [0.2, 0.25) is 0 Å². The van der Waals surface area contributed by atoms with Crippen molar-refractivity contribution in [1.82, 2.24) is 5.32 Å². The first kappa shape index (κ1) is 25.0. The molecule has 7 nitrogen and oxygen atoms in total. The number of hydrogen-bond donors (Lipinski definition) is 1. The molecule has 3 aromatic rings. The summed E-state index contributed by atoms with van der Waals surface area (Å²) >= 11 is 6.13. The van der Waals surface area contributed by atoms with Crippen molar-refractivity contribution in [2.75, 3.05) is 4.90 Å². The zero-order chi connectivity index (χ0) is 25.8. The van der Waals surface area contributed by atoms with E-state index in [1.807, 2.05) is 45.0 Å².